The van der Waals surface area contributed by atoms with Gasteiger partial charge in [0.1, 0.15) is 0 Å². The highest BCUT2D eigenvalue weighted by molar-refractivity contribution is 6.33. The van der Waals surface area contributed by atoms with Gasteiger partial charge in [-0.25, -0.2) is 0 Å². The van der Waals surface area contributed by atoms with Crippen LogP contribution >= 0.6 is 11.6 Å². The molecule has 1 aromatic carbocycles. The van der Waals surface area contributed by atoms with E-state index in [0.29, 0.717) is 30.2 Å². The second-order valence-electron chi connectivity index (χ2n) is 5.49. The fourth-order valence-electron chi connectivity index (χ4n) is 2.33. The Morgan fingerprint density at radius 2 is 1.76 bits per heavy atom. The van der Waals surface area contributed by atoms with Gasteiger partial charge in [0.2, 0.25) is 5.91 Å². The predicted octanol–water partition coefficient (Wildman–Crippen LogP) is 1.75. The van der Waals surface area contributed by atoms with E-state index in [9.17, 15) is 14.4 Å². The molecule has 0 aliphatic carbocycles. The summed E-state index contributed by atoms with van der Waals surface area (Å²) in [6.07, 6.45) is 0.198. The van der Waals surface area contributed by atoms with Crippen molar-refractivity contribution in [1.29, 1.82) is 0 Å². The Labute approximate surface area is 150 Å². The Hall–Kier alpha value is -2.60. The third kappa shape index (κ3) is 5.46. The van der Waals surface area contributed by atoms with Crippen LogP contribution in [0.3, 0.4) is 0 Å². The van der Waals surface area contributed by atoms with Crippen molar-refractivity contribution >= 4 is 23.4 Å². The number of amides is 2. The average molecular weight is 362 g/mol. The van der Waals surface area contributed by atoms with Crippen molar-refractivity contribution in [3.63, 3.8) is 0 Å². The van der Waals surface area contributed by atoms with Crippen molar-refractivity contribution in [1.82, 2.24) is 15.2 Å². The molecule has 0 aliphatic rings. The van der Waals surface area contributed by atoms with E-state index in [1.807, 2.05) is 13.0 Å². The zero-order chi connectivity index (χ0) is 18.2. The number of nitrogens with zero attached hydrogens (tertiary/aromatic N) is 1. The van der Waals surface area contributed by atoms with E-state index in [2.05, 4.69) is 10.6 Å². The molecule has 0 spiro atoms. The van der Waals surface area contributed by atoms with Gasteiger partial charge in [-0.3, -0.25) is 14.4 Å². The lowest BCUT2D eigenvalue weighted by Gasteiger charge is -2.10. The topological polar surface area (TPSA) is 80.2 Å². The number of halogens is 1. The third-order valence-corrected chi connectivity index (χ3v) is 4.01. The lowest BCUT2D eigenvalue weighted by atomic mass is 10.2. The van der Waals surface area contributed by atoms with Gasteiger partial charge in [-0.2, -0.15) is 0 Å². The van der Waals surface area contributed by atoms with Crippen LogP contribution in [0.25, 0.3) is 0 Å². The largest absolute Gasteiger partial charge is 0.354 e. The van der Waals surface area contributed by atoms with Crippen molar-refractivity contribution in [3.8, 4) is 0 Å². The number of hydrogen-bond donors (Lipinski definition) is 2. The predicted molar refractivity (Wildman–Crippen MR) is 96.9 cm³/mol. The standard InChI is InChI=1S/C18H20ClN3O3/c1-13-5-4-8-17(24)22(13)12-9-16(23)20-10-11-21-18(25)14-6-2-3-7-15(14)19/h2-8H,9-12H2,1H3,(H,20,23)(H,21,25). The Kier molecular flexibility index (Phi) is 6.77. The molecule has 2 N–H and O–H groups in total. The number of benzene rings is 1. The molecule has 7 heteroatoms. The first-order valence-corrected chi connectivity index (χ1v) is 8.32. The quantitative estimate of drug-likeness (QED) is 0.737. The smallest absolute Gasteiger partial charge is 0.252 e. The number of carbonyl (C=O) groups is 2. The average Bonchev–Trinajstić information content (AvgIpc) is 2.58. The van der Waals surface area contributed by atoms with Crippen LogP contribution in [0.1, 0.15) is 22.5 Å². The van der Waals surface area contributed by atoms with Crippen LogP contribution in [0.5, 0.6) is 0 Å². The van der Waals surface area contributed by atoms with Crippen LogP contribution in [0.2, 0.25) is 5.02 Å². The summed E-state index contributed by atoms with van der Waals surface area (Å²) in [6, 6.07) is 11.7. The summed E-state index contributed by atoms with van der Waals surface area (Å²) in [5.74, 6) is -0.464. The molecular weight excluding hydrogens is 342 g/mol. The van der Waals surface area contributed by atoms with Crippen molar-refractivity contribution in [2.75, 3.05) is 13.1 Å². The zero-order valence-corrected chi connectivity index (χ0v) is 14.7. The van der Waals surface area contributed by atoms with E-state index in [1.54, 1.807) is 34.9 Å². The molecule has 1 aromatic heterocycles. The molecule has 1 heterocycles. The maximum atomic E-state index is 11.9. The third-order valence-electron chi connectivity index (χ3n) is 3.68. The normalized spacial score (nSPS) is 10.3. The summed E-state index contributed by atoms with van der Waals surface area (Å²) in [5, 5.41) is 5.79. The van der Waals surface area contributed by atoms with Gasteiger partial charge >= 0.3 is 0 Å². The van der Waals surface area contributed by atoms with Gasteiger partial charge in [0.05, 0.1) is 10.6 Å². The first kappa shape index (κ1) is 18.7. The van der Waals surface area contributed by atoms with Crippen LogP contribution in [-0.2, 0) is 11.3 Å². The lowest BCUT2D eigenvalue weighted by Crippen LogP contribution is -2.35. The van der Waals surface area contributed by atoms with E-state index in [-0.39, 0.29) is 23.8 Å². The molecule has 2 aromatic rings. The minimum atomic E-state index is -0.286. The number of aryl methyl sites for hydroxylation is 1. The van der Waals surface area contributed by atoms with Crippen LogP contribution < -0.4 is 16.2 Å². The van der Waals surface area contributed by atoms with Crippen LogP contribution in [-0.4, -0.2) is 29.5 Å². The van der Waals surface area contributed by atoms with Gasteiger partial charge in [-0.15, -0.1) is 0 Å². The van der Waals surface area contributed by atoms with Crippen molar-refractivity contribution in [2.45, 2.75) is 19.9 Å². The van der Waals surface area contributed by atoms with Crippen LogP contribution in [0.4, 0.5) is 0 Å². The van der Waals surface area contributed by atoms with Gasteiger partial charge in [-0.05, 0) is 25.1 Å². The molecule has 2 rings (SSSR count). The summed E-state index contributed by atoms with van der Waals surface area (Å²) >= 11 is 5.95. The number of pyridine rings is 1. The monoisotopic (exact) mass is 361 g/mol. The van der Waals surface area contributed by atoms with Gasteiger partial charge in [0.25, 0.3) is 11.5 Å². The SMILES string of the molecule is Cc1cccc(=O)n1CCC(=O)NCCNC(=O)c1ccccc1Cl. The maximum Gasteiger partial charge on any atom is 0.252 e. The highest BCUT2D eigenvalue weighted by Crippen LogP contribution is 2.14. The molecule has 0 unspecified atom stereocenters. The highest BCUT2D eigenvalue weighted by Gasteiger charge is 2.09. The summed E-state index contributed by atoms with van der Waals surface area (Å²) in [6.45, 7) is 2.74. The maximum absolute atomic E-state index is 11.9. The second kappa shape index (κ2) is 9.03. The molecule has 2 amide bonds. The molecule has 0 radical (unpaired) electrons. The molecule has 6 nitrogen and oxygen atoms in total. The van der Waals surface area contributed by atoms with Gasteiger partial charge in [-0.1, -0.05) is 29.8 Å². The van der Waals surface area contributed by atoms with Crippen LogP contribution in [0.15, 0.2) is 47.3 Å². The van der Waals surface area contributed by atoms with Gasteiger partial charge in [0.15, 0.2) is 0 Å². The van der Waals surface area contributed by atoms with E-state index in [1.165, 1.54) is 6.07 Å². The molecule has 0 saturated carbocycles. The first-order valence-electron chi connectivity index (χ1n) is 7.95. The summed E-state index contributed by atoms with van der Waals surface area (Å²) in [5.41, 5.74) is 1.08. The van der Waals surface area contributed by atoms with Crippen LogP contribution in [0, 0.1) is 6.92 Å². The number of carbonyl (C=O) groups excluding carboxylic acids is 2. The molecular formula is C18H20ClN3O3. The van der Waals surface area contributed by atoms with Crippen molar-refractivity contribution in [2.24, 2.45) is 0 Å². The lowest BCUT2D eigenvalue weighted by molar-refractivity contribution is -0.121. The summed E-state index contributed by atoms with van der Waals surface area (Å²) < 4.78 is 1.55. The van der Waals surface area contributed by atoms with E-state index >= 15 is 0 Å². The van der Waals surface area contributed by atoms with Gasteiger partial charge < -0.3 is 15.2 Å². The Morgan fingerprint density at radius 1 is 1.04 bits per heavy atom. The van der Waals surface area contributed by atoms with E-state index < -0.39 is 0 Å². The molecule has 0 bridgehead atoms. The fraction of sp³-hybridized carbons (Fsp3) is 0.278. The van der Waals surface area contributed by atoms with E-state index in [0.717, 1.165) is 5.69 Å². The Balaban J connectivity index is 1.71. The minimum Gasteiger partial charge on any atom is -0.354 e. The number of rotatable bonds is 7. The van der Waals surface area contributed by atoms with Crippen molar-refractivity contribution in [3.05, 3.63) is 69.1 Å². The molecule has 25 heavy (non-hydrogen) atoms. The summed E-state index contributed by atoms with van der Waals surface area (Å²) in [4.78, 5) is 35.5. The Bertz CT molecular complexity index is 817. The minimum absolute atomic E-state index is 0.125. The number of aromatic nitrogens is 1. The summed E-state index contributed by atoms with van der Waals surface area (Å²) in [7, 11) is 0. The zero-order valence-electron chi connectivity index (χ0n) is 13.9. The number of hydrogen-bond acceptors (Lipinski definition) is 3. The van der Waals surface area contributed by atoms with Crippen molar-refractivity contribution < 1.29 is 9.59 Å². The molecule has 0 aliphatic heterocycles. The first-order chi connectivity index (χ1) is 12.0. The molecule has 0 fully saturated rings. The van der Waals surface area contributed by atoms with E-state index in [4.69, 9.17) is 11.6 Å². The molecule has 132 valence electrons. The Morgan fingerprint density at radius 3 is 2.48 bits per heavy atom. The highest BCUT2D eigenvalue weighted by atomic mass is 35.5. The molecule has 0 atom stereocenters. The second-order valence-corrected chi connectivity index (χ2v) is 5.90. The number of nitrogens with one attached hydrogen (secondary N) is 2. The van der Waals surface area contributed by atoms with Gasteiger partial charge in [0, 0.05) is 37.8 Å². The molecule has 0 saturated heterocycles. The fourth-order valence-corrected chi connectivity index (χ4v) is 2.55.